The maximum absolute atomic E-state index is 12.8. The maximum atomic E-state index is 12.8. The SMILES string of the molecule is Cc1cc(=O)oc2cc(NC(=O)[C@@H]3CCCN3C(=O)CNC(=O)CCC(=O)O)ccc12. The molecular weight excluding hydrogens is 406 g/mol. The number of rotatable bonds is 7. The van der Waals surface area contributed by atoms with Crippen molar-refractivity contribution in [3.8, 4) is 0 Å². The number of benzene rings is 1. The molecule has 1 aliphatic rings. The van der Waals surface area contributed by atoms with Crippen LogP contribution in [0.3, 0.4) is 0 Å². The molecule has 2 aromatic rings. The summed E-state index contributed by atoms with van der Waals surface area (Å²) in [6.45, 7) is 1.87. The van der Waals surface area contributed by atoms with E-state index in [4.69, 9.17) is 9.52 Å². The highest BCUT2D eigenvalue weighted by atomic mass is 16.4. The summed E-state index contributed by atoms with van der Waals surface area (Å²) >= 11 is 0. The largest absolute Gasteiger partial charge is 0.481 e. The number of hydrogen-bond donors (Lipinski definition) is 3. The predicted octanol–water partition coefficient (Wildman–Crippen LogP) is 1.01. The van der Waals surface area contributed by atoms with E-state index in [1.807, 2.05) is 0 Å². The molecule has 3 N–H and O–H groups in total. The quantitative estimate of drug-likeness (QED) is 0.557. The molecule has 164 valence electrons. The molecule has 31 heavy (non-hydrogen) atoms. The van der Waals surface area contributed by atoms with Gasteiger partial charge in [0.1, 0.15) is 11.6 Å². The Labute approximate surface area is 177 Å². The highest BCUT2D eigenvalue weighted by Crippen LogP contribution is 2.23. The number of fused-ring (bicyclic) bond motifs is 1. The minimum Gasteiger partial charge on any atom is -0.481 e. The van der Waals surface area contributed by atoms with Gasteiger partial charge in [0, 0.05) is 36.2 Å². The summed E-state index contributed by atoms with van der Waals surface area (Å²) in [5.41, 5.74) is 1.08. The van der Waals surface area contributed by atoms with Crippen molar-refractivity contribution in [1.29, 1.82) is 0 Å². The zero-order valence-electron chi connectivity index (χ0n) is 17.0. The standard InChI is InChI=1S/C21H23N3O7/c1-12-9-20(29)31-16-10-13(4-5-14(12)16)23-21(30)15-3-2-8-24(15)18(26)11-22-17(25)6-7-19(27)28/h4-5,9-10,15H,2-3,6-8,11H2,1H3,(H,22,25)(H,23,30)(H,27,28)/t15-/m0/s1. The number of hydrogen-bond acceptors (Lipinski definition) is 6. The lowest BCUT2D eigenvalue weighted by molar-refractivity contribution is -0.139. The minimum absolute atomic E-state index is 0.218. The molecule has 3 amide bonds. The van der Waals surface area contributed by atoms with Crippen LogP contribution in [-0.2, 0) is 19.2 Å². The number of aliphatic carboxylic acids is 1. The van der Waals surface area contributed by atoms with Crippen LogP contribution in [-0.4, -0.2) is 52.8 Å². The number of nitrogens with one attached hydrogen (secondary N) is 2. The van der Waals surface area contributed by atoms with Crippen LogP contribution in [0, 0.1) is 6.92 Å². The molecule has 0 radical (unpaired) electrons. The molecule has 1 saturated heterocycles. The Morgan fingerprint density at radius 1 is 1.19 bits per heavy atom. The van der Waals surface area contributed by atoms with Gasteiger partial charge in [-0.15, -0.1) is 0 Å². The zero-order chi connectivity index (χ0) is 22.5. The Balaban J connectivity index is 1.62. The van der Waals surface area contributed by atoms with E-state index in [0.717, 1.165) is 10.9 Å². The molecule has 3 rings (SSSR count). The van der Waals surface area contributed by atoms with Gasteiger partial charge in [0.25, 0.3) is 0 Å². The van der Waals surface area contributed by atoms with Crippen molar-refractivity contribution in [3.63, 3.8) is 0 Å². The number of nitrogens with zero attached hydrogens (tertiary/aromatic N) is 1. The predicted molar refractivity (Wildman–Crippen MR) is 110 cm³/mol. The van der Waals surface area contributed by atoms with Crippen molar-refractivity contribution < 1.29 is 28.7 Å². The van der Waals surface area contributed by atoms with E-state index in [0.29, 0.717) is 30.7 Å². The molecule has 2 heterocycles. The summed E-state index contributed by atoms with van der Waals surface area (Å²) in [5.74, 6) is -2.43. The third-order valence-electron chi connectivity index (χ3n) is 5.10. The van der Waals surface area contributed by atoms with Gasteiger partial charge < -0.3 is 25.1 Å². The van der Waals surface area contributed by atoms with Crippen LogP contribution in [0.1, 0.15) is 31.2 Å². The molecular formula is C21H23N3O7. The number of aryl methyl sites for hydroxylation is 1. The molecule has 10 heteroatoms. The lowest BCUT2D eigenvalue weighted by Gasteiger charge is -2.24. The van der Waals surface area contributed by atoms with E-state index in [9.17, 15) is 24.0 Å². The van der Waals surface area contributed by atoms with Crippen LogP contribution in [0.15, 0.2) is 33.5 Å². The van der Waals surface area contributed by atoms with Crippen LogP contribution in [0.5, 0.6) is 0 Å². The second kappa shape index (κ2) is 9.41. The topological polar surface area (TPSA) is 146 Å². The van der Waals surface area contributed by atoms with Gasteiger partial charge in [-0.2, -0.15) is 0 Å². The molecule has 1 aliphatic heterocycles. The lowest BCUT2D eigenvalue weighted by atomic mass is 10.1. The normalized spacial score (nSPS) is 15.6. The summed E-state index contributed by atoms with van der Waals surface area (Å²) in [6.07, 6.45) is 0.582. The summed E-state index contributed by atoms with van der Waals surface area (Å²) in [7, 11) is 0. The number of carboxylic acids is 1. The first-order valence-corrected chi connectivity index (χ1v) is 9.88. The van der Waals surface area contributed by atoms with Crippen molar-refractivity contribution in [2.45, 2.75) is 38.6 Å². The Bertz CT molecular complexity index is 1090. The molecule has 1 aromatic heterocycles. The summed E-state index contributed by atoms with van der Waals surface area (Å²) in [5, 5.41) is 14.5. The number of carbonyl (C=O) groups is 4. The first-order valence-electron chi connectivity index (χ1n) is 9.88. The Kier molecular flexibility index (Phi) is 6.68. The molecule has 0 bridgehead atoms. The van der Waals surface area contributed by atoms with Crippen molar-refractivity contribution >= 4 is 40.3 Å². The first kappa shape index (κ1) is 22.0. The van der Waals surface area contributed by atoms with Gasteiger partial charge in [0.15, 0.2) is 0 Å². The number of carbonyl (C=O) groups excluding carboxylic acids is 3. The molecule has 1 aromatic carbocycles. The van der Waals surface area contributed by atoms with Crippen molar-refractivity contribution in [1.82, 2.24) is 10.2 Å². The third-order valence-corrected chi connectivity index (χ3v) is 5.10. The number of anilines is 1. The lowest BCUT2D eigenvalue weighted by Crippen LogP contribution is -2.47. The summed E-state index contributed by atoms with van der Waals surface area (Å²) < 4.78 is 5.19. The fraction of sp³-hybridized carbons (Fsp3) is 0.381. The number of carboxylic acid groups (broad SMARTS) is 1. The maximum Gasteiger partial charge on any atom is 0.336 e. The second-order valence-corrected chi connectivity index (χ2v) is 7.36. The van der Waals surface area contributed by atoms with Crippen molar-refractivity contribution in [2.24, 2.45) is 0 Å². The van der Waals surface area contributed by atoms with E-state index >= 15 is 0 Å². The fourth-order valence-corrected chi connectivity index (χ4v) is 3.55. The van der Waals surface area contributed by atoms with E-state index < -0.39 is 29.5 Å². The average Bonchev–Trinajstić information content (AvgIpc) is 3.20. The molecule has 0 unspecified atom stereocenters. The highest BCUT2D eigenvalue weighted by molar-refractivity contribution is 5.99. The third kappa shape index (κ3) is 5.47. The average molecular weight is 429 g/mol. The van der Waals surface area contributed by atoms with Crippen molar-refractivity contribution in [2.75, 3.05) is 18.4 Å². The monoisotopic (exact) mass is 429 g/mol. The summed E-state index contributed by atoms with van der Waals surface area (Å²) in [6, 6.07) is 5.70. The van der Waals surface area contributed by atoms with Gasteiger partial charge in [-0.05, 0) is 37.5 Å². The van der Waals surface area contributed by atoms with Crippen molar-refractivity contribution in [3.05, 3.63) is 40.2 Å². The fourth-order valence-electron chi connectivity index (χ4n) is 3.55. The molecule has 1 atom stereocenters. The zero-order valence-corrected chi connectivity index (χ0v) is 17.0. The van der Waals surface area contributed by atoms with Crippen LogP contribution >= 0.6 is 0 Å². The van der Waals surface area contributed by atoms with E-state index in [1.165, 1.54) is 11.0 Å². The van der Waals surface area contributed by atoms with E-state index in [2.05, 4.69) is 10.6 Å². The molecule has 0 saturated carbocycles. The van der Waals surface area contributed by atoms with Gasteiger partial charge >= 0.3 is 11.6 Å². The Morgan fingerprint density at radius 2 is 1.97 bits per heavy atom. The molecule has 0 aliphatic carbocycles. The smallest absolute Gasteiger partial charge is 0.336 e. The minimum atomic E-state index is -1.10. The van der Waals surface area contributed by atoms with Crippen LogP contribution in [0.4, 0.5) is 5.69 Å². The number of likely N-dealkylation sites (tertiary alicyclic amines) is 1. The van der Waals surface area contributed by atoms with Gasteiger partial charge in [-0.3, -0.25) is 19.2 Å². The Hall–Kier alpha value is -3.69. The van der Waals surface area contributed by atoms with Gasteiger partial charge in [0.2, 0.25) is 17.7 Å². The second-order valence-electron chi connectivity index (χ2n) is 7.36. The highest BCUT2D eigenvalue weighted by Gasteiger charge is 2.34. The van der Waals surface area contributed by atoms with Crippen LogP contribution < -0.4 is 16.3 Å². The van der Waals surface area contributed by atoms with Gasteiger partial charge in [0.05, 0.1) is 13.0 Å². The van der Waals surface area contributed by atoms with Gasteiger partial charge in [-0.25, -0.2) is 4.79 Å². The van der Waals surface area contributed by atoms with E-state index in [1.54, 1.807) is 25.1 Å². The molecule has 10 nitrogen and oxygen atoms in total. The summed E-state index contributed by atoms with van der Waals surface area (Å²) in [4.78, 5) is 60.4. The first-order chi connectivity index (χ1) is 14.7. The molecule has 1 fully saturated rings. The Morgan fingerprint density at radius 3 is 2.71 bits per heavy atom. The van der Waals surface area contributed by atoms with Crippen LogP contribution in [0.2, 0.25) is 0 Å². The number of amides is 3. The van der Waals surface area contributed by atoms with Crippen LogP contribution in [0.25, 0.3) is 11.0 Å². The molecule has 0 spiro atoms. The van der Waals surface area contributed by atoms with E-state index in [-0.39, 0.29) is 25.3 Å². The van der Waals surface area contributed by atoms with Gasteiger partial charge in [-0.1, -0.05) is 0 Å².